The topological polar surface area (TPSA) is 196 Å². The minimum absolute atomic E-state index is 0.0742. The Kier molecular flexibility index (Phi) is 8.32. The Morgan fingerprint density at radius 3 is 2.11 bits per heavy atom. The highest BCUT2D eigenvalue weighted by atomic mass is 16.6. The van der Waals surface area contributed by atoms with Gasteiger partial charge in [0.2, 0.25) is 11.8 Å². The molecule has 0 bridgehead atoms. The molecule has 38 heavy (non-hydrogen) atoms. The largest absolute Gasteiger partial charge is 0.390 e. The molecule has 2 aromatic heterocycles. The molecule has 0 aliphatic carbocycles. The van der Waals surface area contributed by atoms with E-state index in [2.05, 4.69) is 20.6 Å². The van der Waals surface area contributed by atoms with Crippen LogP contribution < -0.4 is 22.0 Å². The molecule has 0 aromatic carbocycles. The highest BCUT2D eigenvalue weighted by Crippen LogP contribution is 2.34. The van der Waals surface area contributed by atoms with Gasteiger partial charge in [-0.05, 0) is 18.6 Å². The number of ether oxygens (including phenoxy) is 3. The molecule has 0 saturated carbocycles. The van der Waals surface area contributed by atoms with Crippen molar-refractivity contribution in [1.29, 1.82) is 0 Å². The lowest BCUT2D eigenvalue weighted by molar-refractivity contribution is -0.118. The van der Waals surface area contributed by atoms with Gasteiger partial charge in [0, 0.05) is 32.7 Å². The van der Waals surface area contributed by atoms with Crippen LogP contribution in [-0.4, -0.2) is 78.3 Å². The summed E-state index contributed by atoms with van der Waals surface area (Å²) in [6.45, 7) is 4.22. The van der Waals surface area contributed by atoms with Gasteiger partial charge in [0.25, 0.3) is 0 Å². The quantitative estimate of drug-likeness (QED) is 0.328. The van der Waals surface area contributed by atoms with Crippen molar-refractivity contribution in [3.05, 3.63) is 45.5 Å². The Labute approximate surface area is 216 Å². The maximum atomic E-state index is 12.6. The number of aliphatic hydroxyl groups is 2. The molecule has 4 rings (SSSR count). The standard InChI is InChI=1S/C23H30N6O9/c1-4-14-19(33)20(21(38-14)29-8-6-17(25-12(3)31)27-23(29)35)36-10-15-13(32)9-18(37-15)28-7-5-16(24-11(2)30)26-22(28)34/h5-8,13-15,18-21,32-33H,4,9-10H2,1-3H3,(H,24,26,30,34)(H,25,27,31,35)/t13-,14-,15-,18-,19+,20?,21-/m1/s1. The second-order valence-corrected chi connectivity index (χ2v) is 9.06. The molecule has 2 aromatic rings. The zero-order valence-electron chi connectivity index (χ0n) is 21.0. The zero-order valence-corrected chi connectivity index (χ0v) is 21.0. The fourth-order valence-electron chi connectivity index (χ4n) is 4.44. The van der Waals surface area contributed by atoms with Crippen LogP contribution in [0.2, 0.25) is 0 Å². The van der Waals surface area contributed by atoms with Crippen molar-refractivity contribution in [2.75, 3.05) is 17.2 Å². The summed E-state index contributed by atoms with van der Waals surface area (Å²) < 4.78 is 20.0. The van der Waals surface area contributed by atoms with Gasteiger partial charge in [0.05, 0.1) is 18.8 Å². The molecule has 0 spiro atoms. The Hall–Kier alpha value is -3.50. The number of carbonyl (C=O) groups is 2. The number of nitrogens with zero attached hydrogens (tertiary/aromatic N) is 4. The maximum Gasteiger partial charge on any atom is 0.351 e. The monoisotopic (exact) mass is 534 g/mol. The minimum Gasteiger partial charge on any atom is -0.390 e. The summed E-state index contributed by atoms with van der Waals surface area (Å²) in [6.07, 6.45) is -3.11. The third kappa shape index (κ3) is 5.97. The normalized spacial score (nSPS) is 28.8. The number of hydrogen-bond donors (Lipinski definition) is 4. The van der Waals surface area contributed by atoms with E-state index in [0.29, 0.717) is 6.42 Å². The van der Waals surface area contributed by atoms with Crippen LogP contribution >= 0.6 is 0 Å². The summed E-state index contributed by atoms with van der Waals surface area (Å²) in [6, 6.07) is 2.86. The third-order valence-corrected chi connectivity index (χ3v) is 6.22. The van der Waals surface area contributed by atoms with Crippen molar-refractivity contribution < 1.29 is 34.0 Å². The second-order valence-electron chi connectivity index (χ2n) is 9.06. The van der Waals surface area contributed by atoms with E-state index in [1.165, 1.54) is 42.9 Å². The van der Waals surface area contributed by atoms with Gasteiger partial charge >= 0.3 is 11.4 Å². The van der Waals surface area contributed by atoms with E-state index in [1.807, 2.05) is 6.92 Å². The predicted octanol–water partition coefficient (Wildman–Crippen LogP) is -0.881. The van der Waals surface area contributed by atoms with Gasteiger partial charge < -0.3 is 35.1 Å². The summed E-state index contributed by atoms with van der Waals surface area (Å²) in [5, 5.41) is 26.2. The van der Waals surface area contributed by atoms with E-state index in [9.17, 15) is 29.4 Å². The molecular formula is C23H30N6O9. The molecule has 15 nitrogen and oxygen atoms in total. The SMILES string of the molecule is CC[C@H]1O[C@@H](n2ccc(NC(C)=O)nc2=O)C(OC[C@H]2O[C@@H](n3ccc(NC(C)=O)nc3=O)C[C@H]2O)[C@H]1O. The van der Waals surface area contributed by atoms with Crippen LogP contribution in [0.15, 0.2) is 34.1 Å². The summed E-state index contributed by atoms with van der Waals surface area (Å²) in [4.78, 5) is 55.1. The van der Waals surface area contributed by atoms with Crippen molar-refractivity contribution in [2.24, 2.45) is 0 Å². The third-order valence-electron chi connectivity index (χ3n) is 6.22. The van der Waals surface area contributed by atoms with E-state index in [1.54, 1.807) is 0 Å². The first-order valence-corrected chi connectivity index (χ1v) is 12.1. The average Bonchev–Trinajstić information content (AvgIpc) is 3.35. The lowest BCUT2D eigenvalue weighted by Crippen LogP contribution is -2.40. The molecule has 2 aliphatic rings. The van der Waals surface area contributed by atoms with E-state index in [0.717, 1.165) is 4.57 Å². The Morgan fingerprint density at radius 1 is 1.00 bits per heavy atom. The number of hydrogen-bond acceptors (Lipinski definition) is 11. The number of aliphatic hydroxyl groups excluding tert-OH is 2. The Balaban J connectivity index is 1.46. The van der Waals surface area contributed by atoms with Crippen molar-refractivity contribution in [2.45, 2.75) is 76.6 Å². The molecule has 1 unspecified atom stereocenters. The van der Waals surface area contributed by atoms with Crippen molar-refractivity contribution in [3.8, 4) is 0 Å². The number of aromatic nitrogens is 4. The summed E-state index contributed by atoms with van der Waals surface area (Å²) >= 11 is 0. The van der Waals surface area contributed by atoms with Crippen LogP contribution in [0.25, 0.3) is 0 Å². The summed E-state index contributed by atoms with van der Waals surface area (Å²) in [5.74, 6) is -0.587. The van der Waals surface area contributed by atoms with E-state index in [4.69, 9.17) is 14.2 Å². The molecule has 0 radical (unpaired) electrons. The minimum atomic E-state index is -1.09. The van der Waals surface area contributed by atoms with Gasteiger partial charge in [-0.1, -0.05) is 6.92 Å². The smallest absolute Gasteiger partial charge is 0.351 e. The van der Waals surface area contributed by atoms with E-state index in [-0.39, 0.29) is 36.5 Å². The summed E-state index contributed by atoms with van der Waals surface area (Å²) in [5.41, 5.74) is -1.39. The van der Waals surface area contributed by atoms with Crippen LogP contribution in [0.4, 0.5) is 11.6 Å². The summed E-state index contributed by atoms with van der Waals surface area (Å²) in [7, 11) is 0. The second kappa shape index (κ2) is 11.5. The first kappa shape index (κ1) is 27.5. The number of rotatable bonds is 8. The number of amides is 2. The molecule has 7 atom stereocenters. The molecule has 206 valence electrons. The zero-order chi connectivity index (χ0) is 27.6. The molecule has 2 saturated heterocycles. The first-order chi connectivity index (χ1) is 18.1. The molecular weight excluding hydrogens is 504 g/mol. The van der Waals surface area contributed by atoms with Crippen LogP contribution in [0, 0.1) is 0 Å². The number of anilines is 2. The average molecular weight is 535 g/mol. The van der Waals surface area contributed by atoms with Crippen LogP contribution in [0.1, 0.15) is 46.1 Å². The van der Waals surface area contributed by atoms with Crippen molar-refractivity contribution in [3.63, 3.8) is 0 Å². The lowest BCUT2D eigenvalue weighted by Gasteiger charge is -2.24. The van der Waals surface area contributed by atoms with Crippen molar-refractivity contribution >= 4 is 23.5 Å². The van der Waals surface area contributed by atoms with Gasteiger partial charge in [0.1, 0.15) is 36.2 Å². The Bertz CT molecular complexity index is 1300. The van der Waals surface area contributed by atoms with Gasteiger partial charge in [-0.25, -0.2) is 9.59 Å². The molecule has 4 N–H and O–H groups in total. The number of nitrogens with one attached hydrogen (secondary N) is 2. The fraction of sp³-hybridized carbons (Fsp3) is 0.565. The lowest BCUT2D eigenvalue weighted by atomic mass is 10.1. The number of carbonyl (C=O) groups excluding carboxylic acids is 2. The highest BCUT2D eigenvalue weighted by Gasteiger charge is 2.46. The van der Waals surface area contributed by atoms with Crippen LogP contribution in [0.5, 0.6) is 0 Å². The van der Waals surface area contributed by atoms with Crippen LogP contribution in [0.3, 0.4) is 0 Å². The van der Waals surface area contributed by atoms with E-state index >= 15 is 0 Å². The molecule has 2 aliphatic heterocycles. The van der Waals surface area contributed by atoms with E-state index < -0.39 is 54.4 Å². The van der Waals surface area contributed by atoms with Gasteiger partial charge in [0.15, 0.2) is 6.23 Å². The molecule has 2 fully saturated rings. The van der Waals surface area contributed by atoms with Gasteiger partial charge in [-0.3, -0.25) is 18.7 Å². The molecule has 15 heteroatoms. The highest BCUT2D eigenvalue weighted by molar-refractivity contribution is 5.87. The van der Waals surface area contributed by atoms with Gasteiger partial charge in [-0.15, -0.1) is 0 Å². The molecule has 2 amide bonds. The van der Waals surface area contributed by atoms with Gasteiger partial charge in [-0.2, -0.15) is 9.97 Å². The first-order valence-electron chi connectivity index (χ1n) is 12.1. The fourth-order valence-corrected chi connectivity index (χ4v) is 4.44. The van der Waals surface area contributed by atoms with Crippen LogP contribution in [-0.2, 0) is 23.8 Å². The predicted molar refractivity (Wildman–Crippen MR) is 130 cm³/mol. The Morgan fingerprint density at radius 2 is 1.58 bits per heavy atom. The maximum absolute atomic E-state index is 12.6. The molecule has 4 heterocycles. The van der Waals surface area contributed by atoms with Crippen molar-refractivity contribution in [1.82, 2.24) is 19.1 Å².